The highest BCUT2D eigenvalue weighted by Crippen LogP contribution is 2.18. The predicted molar refractivity (Wildman–Crippen MR) is 90.6 cm³/mol. The minimum atomic E-state index is 0.845. The highest BCUT2D eigenvalue weighted by molar-refractivity contribution is 5.76. The van der Waals surface area contributed by atoms with E-state index in [2.05, 4.69) is 38.4 Å². The van der Waals surface area contributed by atoms with Gasteiger partial charge in [-0.3, -0.25) is 0 Å². The molecule has 0 fully saturated rings. The van der Waals surface area contributed by atoms with Crippen molar-refractivity contribution in [3.8, 4) is 5.75 Å². The van der Waals surface area contributed by atoms with Crippen molar-refractivity contribution in [3.05, 3.63) is 42.2 Å². The molecule has 0 aliphatic rings. The summed E-state index contributed by atoms with van der Waals surface area (Å²) in [6, 6.07) is 5.90. The summed E-state index contributed by atoms with van der Waals surface area (Å²) in [6.07, 6.45) is 4.71. The maximum atomic E-state index is 5.25. The number of aromatic nitrogens is 4. The SMILES string of the molecule is CCn1cncc1CN(C)CCc1nc2ccc(OC)cc2[nH]1. The molecular formula is C17H23N5O. The van der Waals surface area contributed by atoms with Crippen molar-refractivity contribution >= 4 is 11.0 Å². The van der Waals surface area contributed by atoms with Crippen LogP contribution in [0, 0.1) is 0 Å². The number of aryl methyl sites for hydroxylation is 1. The number of hydrogen-bond acceptors (Lipinski definition) is 4. The van der Waals surface area contributed by atoms with Crippen LogP contribution < -0.4 is 4.74 Å². The van der Waals surface area contributed by atoms with Crippen LogP contribution in [0.25, 0.3) is 11.0 Å². The number of fused-ring (bicyclic) bond motifs is 1. The molecule has 0 bridgehead atoms. The lowest BCUT2D eigenvalue weighted by Gasteiger charge is -2.16. The molecule has 0 saturated carbocycles. The molecule has 0 radical (unpaired) electrons. The van der Waals surface area contributed by atoms with Gasteiger partial charge in [-0.05, 0) is 26.1 Å². The number of hydrogen-bond donors (Lipinski definition) is 1. The molecule has 0 atom stereocenters. The van der Waals surface area contributed by atoms with E-state index in [4.69, 9.17) is 4.74 Å². The van der Waals surface area contributed by atoms with E-state index in [1.54, 1.807) is 7.11 Å². The van der Waals surface area contributed by atoms with E-state index < -0.39 is 0 Å². The second kappa shape index (κ2) is 6.83. The monoisotopic (exact) mass is 313 g/mol. The highest BCUT2D eigenvalue weighted by atomic mass is 16.5. The van der Waals surface area contributed by atoms with E-state index in [1.165, 1.54) is 5.69 Å². The van der Waals surface area contributed by atoms with E-state index in [-0.39, 0.29) is 0 Å². The topological polar surface area (TPSA) is 59.0 Å². The minimum Gasteiger partial charge on any atom is -0.497 e. The van der Waals surface area contributed by atoms with Gasteiger partial charge in [0.05, 0.1) is 30.2 Å². The lowest BCUT2D eigenvalue weighted by molar-refractivity contribution is 0.320. The maximum absolute atomic E-state index is 5.25. The first-order valence-corrected chi connectivity index (χ1v) is 7.89. The fraction of sp³-hybridized carbons (Fsp3) is 0.412. The summed E-state index contributed by atoms with van der Waals surface area (Å²) in [5.41, 5.74) is 3.24. The summed E-state index contributed by atoms with van der Waals surface area (Å²) in [4.78, 5) is 14.5. The summed E-state index contributed by atoms with van der Waals surface area (Å²) in [5, 5.41) is 0. The average Bonchev–Trinajstić information content (AvgIpc) is 3.17. The van der Waals surface area contributed by atoms with Crippen LogP contribution in [0.2, 0.25) is 0 Å². The smallest absolute Gasteiger partial charge is 0.121 e. The zero-order valence-corrected chi connectivity index (χ0v) is 13.9. The van der Waals surface area contributed by atoms with Crippen molar-refractivity contribution in [3.63, 3.8) is 0 Å². The van der Waals surface area contributed by atoms with E-state index in [0.29, 0.717) is 0 Å². The van der Waals surface area contributed by atoms with Crippen LogP contribution in [-0.2, 0) is 19.5 Å². The van der Waals surface area contributed by atoms with Crippen molar-refractivity contribution in [2.75, 3.05) is 20.7 Å². The van der Waals surface area contributed by atoms with E-state index in [0.717, 1.165) is 48.7 Å². The van der Waals surface area contributed by atoms with Gasteiger partial charge in [0.25, 0.3) is 0 Å². The normalized spacial score (nSPS) is 11.5. The van der Waals surface area contributed by atoms with E-state index >= 15 is 0 Å². The Balaban J connectivity index is 1.61. The van der Waals surface area contributed by atoms with Crippen LogP contribution in [0.5, 0.6) is 5.75 Å². The van der Waals surface area contributed by atoms with Crippen LogP contribution in [0.4, 0.5) is 0 Å². The molecule has 0 aliphatic carbocycles. The number of aromatic amines is 1. The molecule has 0 amide bonds. The van der Waals surface area contributed by atoms with Gasteiger partial charge in [-0.2, -0.15) is 0 Å². The molecule has 6 nitrogen and oxygen atoms in total. The fourth-order valence-electron chi connectivity index (χ4n) is 2.70. The number of rotatable bonds is 7. The lowest BCUT2D eigenvalue weighted by atomic mass is 10.3. The highest BCUT2D eigenvalue weighted by Gasteiger charge is 2.08. The third kappa shape index (κ3) is 3.53. The van der Waals surface area contributed by atoms with Crippen molar-refractivity contribution in [1.29, 1.82) is 0 Å². The Bertz CT molecular complexity index is 776. The van der Waals surface area contributed by atoms with Crippen LogP contribution in [-0.4, -0.2) is 45.1 Å². The molecule has 0 spiro atoms. The third-order valence-corrected chi connectivity index (χ3v) is 4.04. The number of imidazole rings is 2. The van der Waals surface area contributed by atoms with E-state index in [9.17, 15) is 0 Å². The van der Waals surface area contributed by atoms with Crippen LogP contribution >= 0.6 is 0 Å². The minimum absolute atomic E-state index is 0.845. The van der Waals surface area contributed by atoms with Crippen molar-refractivity contribution in [1.82, 2.24) is 24.4 Å². The molecular weight excluding hydrogens is 290 g/mol. The van der Waals surface area contributed by atoms with Gasteiger partial charge in [0.2, 0.25) is 0 Å². The molecule has 2 heterocycles. The molecule has 0 aliphatic heterocycles. The second-order valence-electron chi connectivity index (χ2n) is 5.73. The van der Waals surface area contributed by atoms with Gasteiger partial charge in [-0.25, -0.2) is 9.97 Å². The number of likely N-dealkylation sites (N-methyl/N-ethyl adjacent to an activating group) is 1. The number of nitrogens with one attached hydrogen (secondary N) is 1. The van der Waals surface area contributed by atoms with E-state index in [1.807, 2.05) is 30.7 Å². The van der Waals surface area contributed by atoms with Crippen LogP contribution in [0.1, 0.15) is 18.4 Å². The fourth-order valence-corrected chi connectivity index (χ4v) is 2.70. The Morgan fingerprint density at radius 3 is 3.00 bits per heavy atom. The molecule has 0 unspecified atom stereocenters. The average molecular weight is 313 g/mol. The van der Waals surface area contributed by atoms with Gasteiger partial charge in [0, 0.05) is 38.3 Å². The van der Waals surface area contributed by atoms with Gasteiger partial charge >= 0.3 is 0 Å². The lowest BCUT2D eigenvalue weighted by Crippen LogP contribution is -2.22. The quantitative estimate of drug-likeness (QED) is 0.728. The number of methoxy groups -OCH3 is 1. The molecule has 1 N–H and O–H groups in total. The predicted octanol–water partition coefficient (Wildman–Crippen LogP) is 2.46. The Labute approximate surface area is 136 Å². The standard InChI is InChI=1S/C17H23N5O/c1-4-22-12-18-10-13(22)11-21(2)8-7-17-19-15-6-5-14(23-3)9-16(15)20-17/h5-6,9-10,12H,4,7-8,11H2,1-3H3,(H,19,20). The first-order chi connectivity index (χ1) is 11.2. The van der Waals surface area contributed by atoms with Gasteiger partial charge in [0.1, 0.15) is 11.6 Å². The summed E-state index contributed by atoms with van der Waals surface area (Å²) < 4.78 is 7.42. The Morgan fingerprint density at radius 2 is 2.22 bits per heavy atom. The zero-order chi connectivity index (χ0) is 16.2. The van der Waals surface area contributed by atoms with Gasteiger partial charge in [-0.1, -0.05) is 0 Å². The molecule has 3 aromatic rings. The molecule has 3 rings (SSSR count). The van der Waals surface area contributed by atoms with Crippen LogP contribution in [0.15, 0.2) is 30.7 Å². The molecule has 6 heteroatoms. The number of ether oxygens (including phenoxy) is 1. The second-order valence-corrected chi connectivity index (χ2v) is 5.73. The third-order valence-electron chi connectivity index (χ3n) is 4.04. The Hall–Kier alpha value is -2.34. The Kier molecular flexibility index (Phi) is 4.62. The van der Waals surface area contributed by atoms with Gasteiger partial charge in [-0.15, -0.1) is 0 Å². The molecule has 0 saturated heterocycles. The number of nitrogens with zero attached hydrogens (tertiary/aromatic N) is 4. The largest absolute Gasteiger partial charge is 0.497 e. The van der Waals surface area contributed by atoms with Crippen molar-refractivity contribution < 1.29 is 4.74 Å². The van der Waals surface area contributed by atoms with Crippen LogP contribution in [0.3, 0.4) is 0 Å². The summed E-state index contributed by atoms with van der Waals surface area (Å²) in [7, 11) is 3.80. The van der Waals surface area contributed by atoms with Gasteiger partial charge in [0.15, 0.2) is 0 Å². The van der Waals surface area contributed by atoms with Gasteiger partial charge < -0.3 is 19.2 Å². The zero-order valence-electron chi connectivity index (χ0n) is 13.9. The van der Waals surface area contributed by atoms with Crippen molar-refractivity contribution in [2.45, 2.75) is 26.4 Å². The first-order valence-electron chi connectivity index (χ1n) is 7.89. The summed E-state index contributed by atoms with van der Waals surface area (Å²) >= 11 is 0. The Morgan fingerprint density at radius 1 is 1.35 bits per heavy atom. The van der Waals surface area contributed by atoms with Crippen molar-refractivity contribution in [2.24, 2.45) is 0 Å². The molecule has 1 aromatic carbocycles. The molecule has 122 valence electrons. The molecule has 2 aromatic heterocycles. The summed E-state index contributed by atoms with van der Waals surface area (Å²) in [6.45, 7) is 4.91. The molecule has 23 heavy (non-hydrogen) atoms. The summed E-state index contributed by atoms with van der Waals surface area (Å²) in [5.74, 6) is 1.85. The first kappa shape index (κ1) is 15.6. The number of H-pyrrole nitrogens is 1. The maximum Gasteiger partial charge on any atom is 0.121 e. The number of benzene rings is 1.